The molecule has 21 heavy (non-hydrogen) atoms. The molecule has 3 heteroatoms. The molecule has 0 saturated carbocycles. The van der Waals surface area contributed by atoms with E-state index in [4.69, 9.17) is 4.74 Å². The molecule has 0 amide bonds. The molecule has 0 spiro atoms. The largest absolute Gasteiger partial charge is 0.485 e. The lowest BCUT2D eigenvalue weighted by atomic mass is 10.1. The Kier molecular flexibility index (Phi) is 4.41. The minimum atomic E-state index is 0.209. The van der Waals surface area contributed by atoms with Crippen LogP contribution in [-0.4, -0.2) is 37.7 Å². The molecular weight excluding hydrogens is 260 g/mol. The van der Waals surface area contributed by atoms with E-state index in [-0.39, 0.29) is 6.10 Å². The number of anilines is 1. The summed E-state index contributed by atoms with van der Waals surface area (Å²) in [5, 5.41) is 3.44. The third-order valence-corrected chi connectivity index (χ3v) is 3.84. The van der Waals surface area contributed by atoms with Gasteiger partial charge in [-0.15, -0.1) is 0 Å². The van der Waals surface area contributed by atoms with Gasteiger partial charge in [0, 0.05) is 13.1 Å². The molecule has 1 N–H and O–H groups in total. The zero-order valence-corrected chi connectivity index (χ0v) is 12.5. The lowest BCUT2D eigenvalue weighted by Gasteiger charge is -2.30. The summed E-state index contributed by atoms with van der Waals surface area (Å²) >= 11 is 0. The van der Waals surface area contributed by atoms with E-state index in [1.165, 1.54) is 5.56 Å². The maximum absolute atomic E-state index is 6.05. The average Bonchev–Trinajstić information content (AvgIpc) is 2.54. The fourth-order valence-electron chi connectivity index (χ4n) is 2.67. The van der Waals surface area contributed by atoms with Crippen LogP contribution in [0.1, 0.15) is 5.56 Å². The Labute approximate surface area is 126 Å². The van der Waals surface area contributed by atoms with Crippen LogP contribution in [0.4, 0.5) is 5.69 Å². The fraction of sp³-hybridized carbons (Fsp3) is 0.333. The number of rotatable bonds is 5. The van der Waals surface area contributed by atoms with E-state index in [2.05, 4.69) is 53.7 Å². The Morgan fingerprint density at radius 1 is 1.10 bits per heavy atom. The number of nitrogens with zero attached hydrogens (tertiary/aromatic N) is 1. The van der Waals surface area contributed by atoms with E-state index in [0.717, 1.165) is 37.5 Å². The SMILES string of the molecule is CN(CCc1ccccc1)CC1CNc2ccccc2O1. The van der Waals surface area contributed by atoms with Gasteiger partial charge in [0.05, 0.1) is 12.2 Å². The molecule has 1 heterocycles. The standard InChI is InChI=1S/C18H22N2O/c1-20(12-11-15-7-3-2-4-8-15)14-16-13-19-17-9-5-6-10-18(17)21-16/h2-10,16,19H,11-14H2,1H3. The van der Waals surface area contributed by atoms with Crippen LogP contribution in [0.5, 0.6) is 5.75 Å². The zero-order valence-electron chi connectivity index (χ0n) is 12.5. The van der Waals surface area contributed by atoms with Crippen molar-refractivity contribution in [1.82, 2.24) is 4.90 Å². The van der Waals surface area contributed by atoms with Crippen LogP contribution < -0.4 is 10.1 Å². The maximum Gasteiger partial charge on any atom is 0.142 e. The number of nitrogens with one attached hydrogen (secondary N) is 1. The average molecular weight is 282 g/mol. The quantitative estimate of drug-likeness (QED) is 0.912. The summed E-state index contributed by atoms with van der Waals surface area (Å²) < 4.78 is 6.05. The topological polar surface area (TPSA) is 24.5 Å². The second kappa shape index (κ2) is 6.64. The third-order valence-electron chi connectivity index (χ3n) is 3.84. The molecule has 1 aliphatic heterocycles. The Morgan fingerprint density at radius 2 is 1.86 bits per heavy atom. The molecule has 2 aromatic rings. The Morgan fingerprint density at radius 3 is 2.71 bits per heavy atom. The first-order valence-corrected chi connectivity index (χ1v) is 7.53. The van der Waals surface area contributed by atoms with Crippen LogP contribution in [0, 0.1) is 0 Å². The van der Waals surface area contributed by atoms with Crippen molar-refractivity contribution >= 4 is 5.69 Å². The minimum absolute atomic E-state index is 0.209. The predicted octanol–water partition coefficient (Wildman–Crippen LogP) is 3.03. The van der Waals surface area contributed by atoms with Crippen LogP contribution in [0.25, 0.3) is 0 Å². The summed E-state index contributed by atoms with van der Waals surface area (Å²) in [6, 6.07) is 18.8. The van der Waals surface area contributed by atoms with E-state index in [9.17, 15) is 0 Å². The van der Waals surface area contributed by atoms with Crippen molar-refractivity contribution in [1.29, 1.82) is 0 Å². The fourth-order valence-corrected chi connectivity index (χ4v) is 2.67. The summed E-state index contributed by atoms with van der Waals surface area (Å²) in [5.74, 6) is 0.963. The summed E-state index contributed by atoms with van der Waals surface area (Å²) in [5.41, 5.74) is 2.48. The molecule has 1 atom stereocenters. The lowest BCUT2D eigenvalue weighted by molar-refractivity contribution is 0.152. The highest BCUT2D eigenvalue weighted by Crippen LogP contribution is 2.28. The smallest absolute Gasteiger partial charge is 0.142 e. The molecular formula is C18H22N2O. The van der Waals surface area contributed by atoms with Crippen molar-refractivity contribution in [2.24, 2.45) is 0 Å². The highest BCUT2D eigenvalue weighted by molar-refractivity contribution is 5.57. The predicted molar refractivity (Wildman–Crippen MR) is 87.0 cm³/mol. The molecule has 0 aliphatic carbocycles. The number of hydrogen-bond acceptors (Lipinski definition) is 3. The van der Waals surface area contributed by atoms with Gasteiger partial charge in [0.25, 0.3) is 0 Å². The van der Waals surface area contributed by atoms with Crippen molar-refractivity contribution in [3.8, 4) is 5.75 Å². The molecule has 1 aliphatic rings. The van der Waals surface area contributed by atoms with E-state index in [1.54, 1.807) is 0 Å². The Balaban J connectivity index is 1.49. The number of para-hydroxylation sites is 2. The van der Waals surface area contributed by atoms with Gasteiger partial charge in [-0.2, -0.15) is 0 Å². The van der Waals surface area contributed by atoms with E-state index in [0.29, 0.717) is 0 Å². The van der Waals surface area contributed by atoms with Gasteiger partial charge in [0.2, 0.25) is 0 Å². The molecule has 1 unspecified atom stereocenters. The zero-order chi connectivity index (χ0) is 14.5. The van der Waals surface area contributed by atoms with Crippen LogP contribution in [0.2, 0.25) is 0 Å². The van der Waals surface area contributed by atoms with Crippen LogP contribution in [0.15, 0.2) is 54.6 Å². The number of ether oxygens (including phenoxy) is 1. The molecule has 3 nitrogen and oxygen atoms in total. The monoisotopic (exact) mass is 282 g/mol. The lowest BCUT2D eigenvalue weighted by Crippen LogP contribution is -2.40. The molecule has 0 bridgehead atoms. The van der Waals surface area contributed by atoms with Crippen molar-refractivity contribution in [2.75, 3.05) is 32.0 Å². The van der Waals surface area contributed by atoms with Crippen LogP contribution in [0.3, 0.4) is 0 Å². The van der Waals surface area contributed by atoms with Gasteiger partial charge < -0.3 is 15.0 Å². The van der Waals surface area contributed by atoms with E-state index >= 15 is 0 Å². The first-order chi connectivity index (χ1) is 10.3. The third kappa shape index (κ3) is 3.76. The molecule has 0 radical (unpaired) electrons. The normalized spacial score (nSPS) is 17.0. The molecule has 110 valence electrons. The summed E-state index contributed by atoms with van der Waals surface area (Å²) in [7, 11) is 2.16. The van der Waals surface area contributed by atoms with Crippen molar-refractivity contribution in [3.05, 3.63) is 60.2 Å². The van der Waals surface area contributed by atoms with Crippen molar-refractivity contribution in [3.63, 3.8) is 0 Å². The van der Waals surface area contributed by atoms with E-state index in [1.807, 2.05) is 18.2 Å². The van der Waals surface area contributed by atoms with Crippen LogP contribution >= 0.6 is 0 Å². The number of benzene rings is 2. The molecule has 0 saturated heterocycles. The number of hydrogen-bond donors (Lipinski definition) is 1. The second-order valence-electron chi connectivity index (χ2n) is 5.61. The van der Waals surface area contributed by atoms with Gasteiger partial charge in [-0.3, -0.25) is 0 Å². The molecule has 3 rings (SSSR count). The van der Waals surface area contributed by atoms with Crippen LogP contribution in [-0.2, 0) is 6.42 Å². The summed E-state index contributed by atoms with van der Waals surface area (Å²) in [6.45, 7) is 2.85. The molecule has 0 aromatic heterocycles. The van der Waals surface area contributed by atoms with Gasteiger partial charge in [0.1, 0.15) is 11.9 Å². The maximum atomic E-state index is 6.05. The van der Waals surface area contributed by atoms with Crippen molar-refractivity contribution in [2.45, 2.75) is 12.5 Å². The first-order valence-electron chi connectivity index (χ1n) is 7.53. The van der Waals surface area contributed by atoms with Gasteiger partial charge >= 0.3 is 0 Å². The second-order valence-corrected chi connectivity index (χ2v) is 5.61. The molecule has 2 aromatic carbocycles. The van der Waals surface area contributed by atoms with Gasteiger partial charge in [0.15, 0.2) is 0 Å². The summed E-state index contributed by atoms with van der Waals surface area (Å²) in [6.07, 6.45) is 1.29. The number of likely N-dealkylation sites (N-methyl/N-ethyl adjacent to an activating group) is 1. The van der Waals surface area contributed by atoms with E-state index < -0.39 is 0 Å². The number of fused-ring (bicyclic) bond motifs is 1. The highest BCUT2D eigenvalue weighted by Gasteiger charge is 2.19. The highest BCUT2D eigenvalue weighted by atomic mass is 16.5. The van der Waals surface area contributed by atoms with Gasteiger partial charge in [-0.25, -0.2) is 0 Å². The van der Waals surface area contributed by atoms with Crippen molar-refractivity contribution < 1.29 is 4.74 Å². The Hall–Kier alpha value is -2.00. The minimum Gasteiger partial charge on any atom is -0.485 e. The molecule has 0 fully saturated rings. The summed E-state index contributed by atoms with van der Waals surface area (Å²) in [4.78, 5) is 2.34. The Bertz CT molecular complexity index is 570. The van der Waals surface area contributed by atoms with Gasteiger partial charge in [-0.1, -0.05) is 42.5 Å². The first kappa shape index (κ1) is 14.0. The van der Waals surface area contributed by atoms with Gasteiger partial charge in [-0.05, 0) is 31.2 Å².